The van der Waals surface area contributed by atoms with E-state index < -0.39 is 0 Å². The van der Waals surface area contributed by atoms with Crippen molar-refractivity contribution in [2.24, 2.45) is 5.92 Å². The van der Waals surface area contributed by atoms with E-state index in [2.05, 4.69) is 15.3 Å². The molecule has 1 atom stereocenters. The summed E-state index contributed by atoms with van der Waals surface area (Å²) >= 11 is 0. The van der Waals surface area contributed by atoms with E-state index in [1.54, 1.807) is 12.3 Å². The summed E-state index contributed by atoms with van der Waals surface area (Å²) in [6.07, 6.45) is 4.83. The summed E-state index contributed by atoms with van der Waals surface area (Å²) in [6, 6.07) is 6.82. The molecule has 0 saturated carbocycles. The van der Waals surface area contributed by atoms with E-state index >= 15 is 0 Å². The third kappa shape index (κ3) is 3.53. The van der Waals surface area contributed by atoms with Crippen LogP contribution in [-0.2, 0) is 4.79 Å². The number of hydrogen-bond donors (Lipinski definition) is 1. The number of amides is 1. The second-order valence-electron chi connectivity index (χ2n) is 6.30. The predicted molar refractivity (Wildman–Crippen MR) is 90.2 cm³/mol. The van der Waals surface area contributed by atoms with Gasteiger partial charge in [-0.3, -0.25) is 9.78 Å². The smallest absolute Gasteiger partial charge is 0.225 e. The Balaban J connectivity index is 1.72. The summed E-state index contributed by atoms with van der Waals surface area (Å²) in [6.45, 7) is 4.64. The Kier molecular flexibility index (Phi) is 4.74. The number of carbonyl (C=O) groups is 1. The van der Waals surface area contributed by atoms with E-state index in [0.717, 1.165) is 37.0 Å². The van der Waals surface area contributed by atoms with Crippen molar-refractivity contribution in [3.63, 3.8) is 0 Å². The van der Waals surface area contributed by atoms with Crippen molar-refractivity contribution >= 4 is 17.4 Å². The van der Waals surface area contributed by atoms with Gasteiger partial charge in [-0.1, -0.05) is 13.8 Å². The Hall–Kier alpha value is -2.50. The first-order valence-electron chi connectivity index (χ1n) is 8.19. The third-order valence-corrected chi connectivity index (χ3v) is 4.16. The number of halogens is 1. The molecule has 24 heavy (non-hydrogen) atoms. The first kappa shape index (κ1) is 16.4. The molecule has 1 unspecified atom stereocenters. The fourth-order valence-corrected chi connectivity index (χ4v) is 2.94. The molecule has 1 amide bonds. The molecule has 6 heteroatoms. The lowest BCUT2D eigenvalue weighted by molar-refractivity contribution is -0.135. The van der Waals surface area contributed by atoms with Crippen LogP contribution in [0.3, 0.4) is 0 Å². The maximum atomic E-state index is 12.9. The van der Waals surface area contributed by atoms with Crippen molar-refractivity contribution in [3.8, 4) is 0 Å². The molecule has 0 bridgehead atoms. The summed E-state index contributed by atoms with van der Waals surface area (Å²) in [5.41, 5.74) is 1.68. The highest BCUT2D eigenvalue weighted by Crippen LogP contribution is 2.32. The summed E-state index contributed by atoms with van der Waals surface area (Å²) in [5, 5.41) is 3.08. The van der Waals surface area contributed by atoms with Crippen LogP contribution in [0, 0.1) is 11.7 Å². The van der Waals surface area contributed by atoms with Gasteiger partial charge in [-0.05, 0) is 37.1 Å². The normalized spacial score (nSPS) is 17.3. The lowest BCUT2D eigenvalue weighted by atomic mass is 10.1. The van der Waals surface area contributed by atoms with Crippen molar-refractivity contribution in [1.82, 2.24) is 14.9 Å². The van der Waals surface area contributed by atoms with E-state index in [0.29, 0.717) is 5.82 Å². The van der Waals surface area contributed by atoms with Crippen LogP contribution in [0.4, 0.5) is 15.9 Å². The average molecular weight is 328 g/mol. The molecule has 2 aromatic heterocycles. The van der Waals surface area contributed by atoms with Crippen molar-refractivity contribution < 1.29 is 9.18 Å². The van der Waals surface area contributed by atoms with Gasteiger partial charge in [0.1, 0.15) is 11.6 Å². The molecule has 0 spiro atoms. The molecule has 3 heterocycles. The first-order valence-corrected chi connectivity index (χ1v) is 8.19. The zero-order chi connectivity index (χ0) is 17.1. The van der Waals surface area contributed by atoms with Gasteiger partial charge >= 0.3 is 0 Å². The quantitative estimate of drug-likeness (QED) is 0.930. The van der Waals surface area contributed by atoms with Gasteiger partial charge in [0.2, 0.25) is 5.91 Å². The third-order valence-electron chi connectivity index (χ3n) is 4.16. The molecule has 2 aromatic rings. The van der Waals surface area contributed by atoms with Crippen molar-refractivity contribution in [2.45, 2.75) is 32.7 Å². The summed E-state index contributed by atoms with van der Waals surface area (Å²) in [7, 11) is 0. The molecule has 1 saturated heterocycles. The van der Waals surface area contributed by atoms with E-state index in [1.807, 2.05) is 30.9 Å². The molecule has 0 aliphatic carbocycles. The van der Waals surface area contributed by atoms with Crippen LogP contribution in [0.25, 0.3) is 0 Å². The van der Waals surface area contributed by atoms with Gasteiger partial charge in [-0.25, -0.2) is 9.37 Å². The summed E-state index contributed by atoms with van der Waals surface area (Å²) < 4.78 is 12.9. The van der Waals surface area contributed by atoms with E-state index in [-0.39, 0.29) is 23.7 Å². The number of rotatable bonds is 4. The monoisotopic (exact) mass is 328 g/mol. The van der Waals surface area contributed by atoms with E-state index in [1.165, 1.54) is 6.07 Å². The van der Waals surface area contributed by atoms with Crippen LogP contribution in [0.2, 0.25) is 0 Å². The second-order valence-corrected chi connectivity index (χ2v) is 6.30. The minimum Gasteiger partial charge on any atom is -0.339 e. The van der Waals surface area contributed by atoms with Gasteiger partial charge in [0, 0.05) is 12.5 Å². The number of likely N-dealkylation sites (tertiary alicyclic amines) is 1. The van der Waals surface area contributed by atoms with Crippen molar-refractivity contribution in [2.75, 3.05) is 11.9 Å². The van der Waals surface area contributed by atoms with Crippen LogP contribution in [-0.4, -0.2) is 27.3 Å². The minimum atomic E-state index is -0.370. The Morgan fingerprint density at radius 2 is 2.08 bits per heavy atom. The van der Waals surface area contributed by atoms with Gasteiger partial charge < -0.3 is 10.2 Å². The highest BCUT2D eigenvalue weighted by atomic mass is 19.1. The number of nitrogens with zero attached hydrogens (tertiary/aromatic N) is 3. The summed E-state index contributed by atoms with van der Waals surface area (Å²) in [4.78, 5) is 22.7. The molecular weight excluding hydrogens is 307 g/mol. The summed E-state index contributed by atoms with van der Waals surface area (Å²) in [5.74, 6) is 0.363. The van der Waals surface area contributed by atoms with Crippen molar-refractivity contribution in [3.05, 3.63) is 48.2 Å². The zero-order valence-corrected chi connectivity index (χ0v) is 13.9. The standard InChI is InChI=1S/C18H21FN4O/c1-12(2)18(24)23-9-3-4-16(23)15-7-6-14(11-20-15)22-17-8-5-13(19)10-21-17/h5-8,10-12,16H,3-4,9H2,1-2H3,(H,21,22). The molecule has 5 nitrogen and oxygen atoms in total. The van der Waals surface area contributed by atoms with Crippen LogP contribution in [0.1, 0.15) is 38.4 Å². The average Bonchev–Trinajstić information content (AvgIpc) is 3.06. The molecular formula is C18H21FN4O. The predicted octanol–water partition coefficient (Wildman–Crippen LogP) is 3.68. The van der Waals surface area contributed by atoms with E-state index in [4.69, 9.17) is 0 Å². The molecule has 1 aliphatic heterocycles. The second kappa shape index (κ2) is 6.95. The molecule has 0 radical (unpaired) electrons. The van der Waals surface area contributed by atoms with Gasteiger partial charge in [-0.2, -0.15) is 0 Å². The maximum Gasteiger partial charge on any atom is 0.225 e. The Bertz CT molecular complexity index is 700. The Labute approximate surface area is 140 Å². The number of anilines is 2. The lowest BCUT2D eigenvalue weighted by Crippen LogP contribution is -2.34. The molecule has 1 N–H and O–H groups in total. The zero-order valence-electron chi connectivity index (χ0n) is 13.9. The number of carbonyl (C=O) groups excluding carboxylic acids is 1. The SMILES string of the molecule is CC(C)C(=O)N1CCCC1c1ccc(Nc2ccc(F)cn2)cn1. The molecule has 1 fully saturated rings. The molecule has 1 aliphatic rings. The topological polar surface area (TPSA) is 58.1 Å². The van der Waals surface area contributed by atoms with Crippen molar-refractivity contribution in [1.29, 1.82) is 0 Å². The van der Waals surface area contributed by atoms with Gasteiger partial charge in [0.15, 0.2) is 0 Å². The van der Waals surface area contributed by atoms with Crippen LogP contribution >= 0.6 is 0 Å². The highest BCUT2D eigenvalue weighted by Gasteiger charge is 2.31. The molecule has 3 rings (SSSR count). The minimum absolute atomic E-state index is 0.00362. The number of nitrogens with one attached hydrogen (secondary N) is 1. The fraction of sp³-hybridized carbons (Fsp3) is 0.389. The first-order chi connectivity index (χ1) is 11.5. The Morgan fingerprint density at radius 3 is 2.71 bits per heavy atom. The molecule has 126 valence electrons. The number of pyridine rings is 2. The molecule has 0 aromatic carbocycles. The van der Waals surface area contributed by atoms with E-state index in [9.17, 15) is 9.18 Å². The van der Waals surface area contributed by atoms with Gasteiger partial charge in [0.05, 0.1) is 29.8 Å². The van der Waals surface area contributed by atoms with Gasteiger partial charge in [-0.15, -0.1) is 0 Å². The number of aromatic nitrogens is 2. The lowest BCUT2D eigenvalue weighted by Gasteiger charge is -2.26. The van der Waals surface area contributed by atoms with Crippen LogP contribution in [0.5, 0.6) is 0 Å². The van der Waals surface area contributed by atoms with Crippen LogP contribution in [0.15, 0.2) is 36.7 Å². The number of hydrogen-bond acceptors (Lipinski definition) is 4. The maximum absolute atomic E-state index is 12.9. The van der Waals surface area contributed by atoms with Crippen LogP contribution < -0.4 is 5.32 Å². The fourth-order valence-electron chi connectivity index (χ4n) is 2.94. The van der Waals surface area contributed by atoms with Gasteiger partial charge in [0.25, 0.3) is 0 Å². The highest BCUT2D eigenvalue weighted by molar-refractivity contribution is 5.78. The Morgan fingerprint density at radius 1 is 1.25 bits per heavy atom. The largest absolute Gasteiger partial charge is 0.339 e.